The molecule has 1 saturated carbocycles. The van der Waals surface area contributed by atoms with Crippen LogP contribution in [0, 0.1) is 11.3 Å². The molecule has 0 bridgehead atoms. The highest BCUT2D eigenvalue weighted by atomic mass is 16.2. The third kappa shape index (κ3) is 2.84. The highest BCUT2D eigenvalue weighted by molar-refractivity contribution is 5.97. The number of amides is 2. The second-order valence-electron chi connectivity index (χ2n) is 7.28. The molecule has 1 N–H and O–H groups in total. The number of hydrogen-bond acceptors (Lipinski definition) is 2. The van der Waals surface area contributed by atoms with Crippen molar-refractivity contribution in [1.29, 1.82) is 0 Å². The second-order valence-corrected chi connectivity index (χ2v) is 7.28. The maximum atomic E-state index is 12.8. The average molecular weight is 280 g/mol. The molecule has 2 unspecified atom stereocenters. The molecule has 1 saturated heterocycles. The van der Waals surface area contributed by atoms with Crippen molar-refractivity contribution < 1.29 is 9.59 Å². The van der Waals surface area contributed by atoms with E-state index >= 15 is 0 Å². The molecular formula is C16H28N2O2. The van der Waals surface area contributed by atoms with E-state index in [0.29, 0.717) is 12.5 Å². The number of piperazine rings is 1. The number of likely N-dealkylation sites (N-methyl/N-ethyl adjacent to an activating group) is 1. The first-order valence-corrected chi connectivity index (χ1v) is 7.97. The molecule has 2 rings (SSSR count). The Morgan fingerprint density at radius 3 is 2.25 bits per heavy atom. The zero-order chi connectivity index (χ0) is 14.9. The lowest BCUT2D eigenvalue weighted by molar-refractivity contribution is -0.155. The predicted octanol–water partition coefficient (Wildman–Crippen LogP) is 2.33. The number of carbonyl (C=O) groups is 2. The third-order valence-corrected chi connectivity index (χ3v) is 4.69. The Labute approximate surface area is 122 Å². The van der Waals surface area contributed by atoms with Crippen molar-refractivity contribution >= 4 is 11.8 Å². The van der Waals surface area contributed by atoms with E-state index in [4.69, 9.17) is 0 Å². The van der Waals surface area contributed by atoms with Crippen LogP contribution in [0.1, 0.15) is 59.8 Å². The molecule has 0 aromatic rings. The van der Waals surface area contributed by atoms with Gasteiger partial charge in [-0.2, -0.15) is 0 Å². The Morgan fingerprint density at radius 1 is 1.15 bits per heavy atom. The molecule has 4 nitrogen and oxygen atoms in total. The monoisotopic (exact) mass is 280 g/mol. The molecule has 0 spiro atoms. The molecule has 1 heterocycles. The van der Waals surface area contributed by atoms with Gasteiger partial charge in [-0.1, -0.05) is 40.0 Å². The van der Waals surface area contributed by atoms with E-state index in [1.54, 1.807) is 4.90 Å². The molecule has 20 heavy (non-hydrogen) atoms. The van der Waals surface area contributed by atoms with Gasteiger partial charge in [0.05, 0.1) is 0 Å². The van der Waals surface area contributed by atoms with Crippen LogP contribution in [0.15, 0.2) is 0 Å². The van der Waals surface area contributed by atoms with Gasteiger partial charge in [0.25, 0.3) is 0 Å². The van der Waals surface area contributed by atoms with E-state index in [9.17, 15) is 9.59 Å². The van der Waals surface area contributed by atoms with E-state index in [-0.39, 0.29) is 29.3 Å². The summed E-state index contributed by atoms with van der Waals surface area (Å²) in [5.74, 6) is 0.476. The molecule has 0 radical (unpaired) electrons. The van der Waals surface area contributed by atoms with E-state index in [1.807, 2.05) is 27.7 Å². The van der Waals surface area contributed by atoms with E-state index in [2.05, 4.69) is 5.32 Å². The summed E-state index contributed by atoms with van der Waals surface area (Å²) in [5, 5.41) is 3.03. The Hall–Kier alpha value is -1.06. The minimum atomic E-state index is -0.347. The summed E-state index contributed by atoms with van der Waals surface area (Å²) < 4.78 is 0. The maximum absolute atomic E-state index is 12.8. The van der Waals surface area contributed by atoms with Crippen molar-refractivity contribution in [2.24, 2.45) is 11.3 Å². The average Bonchev–Trinajstić information content (AvgIpc) is 2.40. The molecule has 0 aromatic carbocycles. The Morgan fingerprint density at radius 2 is 1.75 bits per heavy atom. The summed E-state index contributed by atoms with van der Waals surface area (Å²) in [4.78, 5) is 27.1. The van der Waals surface area contributed by atoms with Crippen molar-refractivity contribution in [2.45, 2.75) is 71.9 Å². The first kappa shape index (κ1) is 15.3. The number of nitrogens with zero attached hydrogens (tertiary/aromatic N) is 1. The van der Waals surface area contributed by atoms with Crippen LogP contribution >= 0.6 is 0 Å². The first-order chi connectivity index (χ1) is 9.36. The molecule has 1 aliphatic carbocycles. The van der Waals surface area contributed by atoms with Crippen LogP contribution in [-0.4, -0.2) is 35.3 Å². The first-order valence-electron chi connectivity index (χ1n) is 7.97. The fourth-order valence-electron chi connectivity index (χ4n) is 3.73. The lowest BCUT2D eigenvalue weighted by Crippen LogP contribution is -2.68. The van der Waals surface area contributed by atoms with E-state index in [0.717, 1.165) is 12.8 Å². The molecule has 1 aliphatic heterocycles. The summed E-state index contributed by atoms with van der Waals surface area (Å²) in [6.07, 6.45) is 5.74. The van der Waals surface area contributed by atoms with Gasteiger partial charge in [-0.3, -0.25) is 9.59 Å². The van der Waals surface area contributed by atoms with Crippen LogP contribution in [0.4, 0.5) is 0 Å². The van der Waals surface area contributed by atoms with Crippen LogP contribution in [0.2, 0.25) is 0 Å². The van der Waals surface area contributed by atoms with Crippen LogP contribution < -0.4 is 5.32 Å². The SMILES string of the molecule is CCN1C(=O)C(C2CCCCC2)NC(=O)C1C(C)(C)C. The Balaban J connectivity index is 2.20. The molecule has 0 aromatic heterocycles. The normalized spacial score (nSPS) is 29.5. The number of hydrogen-bond donors (Lipinski definition) is 1. The Kier molecular flexibility index (Phi) is 4.40. The number of carbonyl (C=O) groups excluding carboxylic acids is 2. The van der Waals surface area contributed by atoms with Crippen molar-refractivity contribution in [3.63, 3.8) is 0 Å². The minimum Gasteiger partial charge on any atom is -0.342 e. The second kappa shape index (κ2) is 5.74. The standard InChI is InChI=1S/C16H28N2O2/c1-5-18-13(16(2,3)4)14(19)17-12(15(18)20)11-9-7-6-8-10-11/h11-13H,5-10H2,1-4H3,(H,17,19). The van der Waals surface area contributed by atoms with E-state index in [1.165, 1.54) is 19.3 Å². The van der Waals surface area contributed by atoms with Crippen molar-refractivity contribution in [2.75, 3.05) is 6.54 Å². The topological polar surface area (TPSA) is 49.4 Å². The van der Waals surface area contributed by atoms with Gasteiger partial charge < -0.3 is 10.2 Å². The van der Waals surface area contributed by atoms with Gasteiger partial charge >= 0.3 is 0 Å². The maximum Gasteiger partial charge on any atom is 0.246 e. The van der Waals surface area contributed by atoms with Gasteiger partial charge in [0.15, 0.2) is 0 Å². The van der Waals surface area contributed by atoms with Crippen molar-refractivity contribution in [1.82, 2.24) is 10.2 Å². The summed E-state index contributed by atoms with van der Waals surface area (Å²) in [6, 6.07) is -0.638. The molecule has 114 valence electrons. The minimum absolute atomic E-state index is 0.0227. The van der Waals surface area contributed by atoms with Gasteiger partial charge in [0.2, 0.25) is 11.8 Å². The fraction of sp³-hybridized carbons (Fsp3) is 0.875. The van der Waals surface area contributed by atoms with Gasteiger partial charge in [0.1, 0.15) is 12.1 Å². The van der Waals surface area contributed by atoms with Gasteiger partial charge in [0, 0.05) is 6.54 Å². The molecule has 4 heteroatoms. The lowest BCUT2D eigenvalue weighted by Gasteiger charge is -2.46. The largest absolute Gasteiger partial charge is 0.342 e. The fourth-order valence-corrected chi connectivity index (χ4v) is 3.73. The van der Waals surface area contributed by atoms with Gasteiger partial charge in [-0.25, -0.2) is 0 Å². The quantitative estimate of drug-likeness (QED) is 0.844. The summed E-state index contributed by atoms with van der Waals surface area (Å²) in [7, 11) is 0. The van der Waals surface area contributed by atoms with Crippen LogP contribution in [0.25, 0.3) is 0 Å². The number of nitrogens with one attached hydrogen (secondary N) is 1. The summed E-state index contributed by atoms with van der Waals surface area (Å²) in [5.41, 5.74) is -0.229. The molecular weight excluding hydrogens is 252 g/mol. The molecule has 2 aliphatic rings. The van der Waals surface area contributed by atoms with Crippen LogP contribution in [0.5, 0.6) is 0 Å². The Bertz CT molecular complexity index is 380. The smallest absolute Gasteiger partial charge is 0.246 e. The molecule has 2 atom stereocenters. The highest BCUT2D eigenvalue weighted by Gasteiger charge is 2.47. The predicted molar refractivity (Wildman–Crippen MR) is 79.1 cm³/mol. The third-order valence-electron chi connectivity index (χ3n) is 4.69. The van der Waals surface area contributed by atoms with Gasteiger partial charge in [-0.15, -0.1) is 0 Å². The van der Waals surface area contributed by atoms with E-state index < -0.39 is 0 Å². The van der Waals surface area contributed by atoms with Gasteiger partial charge in [-0.05, 0) is 31.1 Å². The van der Waals surface area contributed by atoms with Crippen LogP contribution in [-0.2, 0) is 9.59 Å². The summed E-state index contributed by atoms with van der Waals surface area (Å²) >= 11 is 0. The highest BCUT2D eigenvalue weighted by Crippen LogP contribution is 2.33. The zero-order valence-electron chi connectivity index (χ0n) is 13.2. The number of rotatable bonds is 2. The van der Waals surface area contributed by atoms with Crippen LogP contribution in [0.3, 0.4) is 0 Å². The lowest BCUT2D eigenvalue weighted by atomic mass is 9.78. The molecule has 2 fully saturated rings. The van der Waals surface area contributed by atoms with Crippen molar-refractivity contribution in [3.05, 3.63) is 0 Å². The zero-order valence-corrected chi connectivity index (χ0v) is 13.2. The molecule has 2 amide bonds. The summed E-state index contributed by atoms with van der Waals surface area (Å²) in [6.45, 7) is 8.64. The van der Waals surface area contributed by atoms with Crippen molar-refractivity contribution in [3.8, 4) is 0 Å².